The highest BCUT2D eigenvalue weighted by molar-refractivity contribution is 6.46. The molecule has 0 radical (unpaired) electrons. The maximum atomic E-state index is 10.9. The quantitative estimate of drug-likeness (QED) is 0.577. The molecule has 0 fully saturated rings. The van der Waals surface area contributed by atoms with Gasteiger partial charge in [0.2, 0.25) is 0 Å². The summed E-state index contributed by atoms with van der Waals surface area (Å²) in [5.41, 5.74) is 0. The smallest absolute Gasteiger partial charge is 0.374 e. The first-order valence-corrected chi connectivity index (χ1v) is 3.89. The molecule has 0 rings (SSSR count). The monoisotopic (exact) mass is 157 g/mol. The van der Waals surface area contributed by atoms with E-state index in [0.717, 1.165) is 0 Å². The van der Waals surface area contributed by atoms with Crippen molar-refractivity contribution in [1.29, 1.82) is 0 Å². The molecule has 0 saturated heterocycles. The zero-order valence-electron chi connectivity index (χ0n) is 7.59. The van der Waals surface area contributed by atoms with Crippen LogP contribution in [0.5, 0.6) is 0 Å². The summed E-state index contributed by atoms with van der Waals surface area (Å²) in [5, 5.41) is 11.7. The highest BCUT2D eigenvalue weighted by Gasteiger charge is 2.20. The second-order valence-corrected chi connectivity index (χ2v) is 3.17. The first kappa shape index (κ1) is 10.7. The van der Waals surface area contributed by atoms with Crippen LogP contribution < -0.4 is 5.23 Å². The lowest BCUT2D eigenvalue weighted by Crippen LogP contribution is -2.47. The van der Waals surface area contributed by atoms with E-state index in [1.807, 2.05) is 13.8 Å². The summed E-state index contributed by atoms with van der Waals surface area (Å²) in [6.07, 6.45) is 0. The van der Waals surface area contributed by atoms with Gasteiger partial charge in [0.1, 0.15) is 5.78 Å². The summed E-state index contributed by atoms with van der Waals surface area (Å²) < 4.78 is 0. The van der Waals surface area contributed by atoms with Crippen molar-refractivity contribution in [2.45, 2.75) is 33.6 Å². The van der Waals surface area contributed by atoms with E-state index in [-0.39, 0.29) is 17.7 Å². The average molecular weight is 157 g/mol. The standard InChI is InChI=1S/C7H16BNO2/c1-5(2)7(6(3)10)9-8(4)11/h5,7,9,11H,1-4H3/t7-/m1/s1. The molecule has 11 heavy (non-hydrogen) atoms. The molecule has 0 spiro atoms. The van der Waals surface area contributed by atoms with E-state index in [1.165, 1.54) is 6.92 Å². The van der Waals surface area contributed by atoms with E-state index in [0.29, 0.717) is 0 Å². The molecular weight excluding hydrogens is 141 g/mol. The van der Waals surface area contributed by atoms with Gasteiger partial charge < -0.3 is 10.3 Å². The molecule has 4 heteroatoms. The Hall–Kier alpha value is -0.345. The molecule has 1 atom stereocenters. The SMILES string of the molecule is CB(O)N[C@@H](C(C)=O)C(C)C. The Bertz CT molecular complexity index is 136. The van der Waals surface area contributed by atoms with Crippen LogP contribution in [0.3, 0.4) is 0 Å². The number of carbonyl (C=O) groups is 1. The molecule has 0 aliphatic heterocycles. The van der Waals surface area contributed by atoms with Crippen LogP contribution in [0, 0.1) is 5.92 Å². The van der Waals surface area contributed by atoms with Gasteiger partial charge in [0.05, 0.1) is 6.04 Å². The number of hydrogen-bond donors (Lipinski definition) is 2. The van der Waals surface area contributed by atoms with Crippen molar-refractivity contribution in [1.82, 2.24) is 5.23 Å². The maximum absolute atomic E-state index is 10.9. The van der Waals surface area contributed by atoms with E-state index in [4.69, 9.17) is 5.02 Å². The predicted molar refractivity (Wildman–Crippen MR) is 46.3 cm³/mol. The fourth-order valence-electron chi connectivity index (χ4n) is 1.04. The number of hydrogen-bond acceptors (Lipinski definition) is 3. The van der Waals surface area contributed by atoms with Gasteiger partial charge in [-0.3, -0.25) is 4.79 Å². The minimum absolute atomic E-state index is 0.0703. The van der Waals surface area contributed by atoms with E-state index in [1.54, 1.807) is 6.82 Å². The van der Waals surface area contributed by atoms with Crippen LogP contribution in [0.4, 0.5) is 0 Å². The third kappa shape index (κ3) is 4.16. The summed E-state index contributed by atoms with van der Waals surface area (Å²) in [4.78, 5) is 10.9. The molecule has 64 valence electrons. The van der Waals surface area contributed by atoms with Gasteiger partial charge in [0, 0.05) is 0 Å². The van der Waals surface area contributed by atoms with E-state index < -0.39 is 7.05 Å². The summed E-state index contributed by atoms with van der Waals surface area (Å²) in [6, 6.07) is -0.227. The lowest BCUT2D eigenvalue weighted by atomic mass is 9.84. The van der Waals surface area contributed by atoms with Gasteiger partial charge >= 0.3 is 7.05 Å². The third-order valence-electron chi connectivity index (χ3n) is 1.53. The topological polar surface area (TPSA) is 49.3 Å². The second-order valence-electron chi connectivity index (χ2n) is 3.17. The van der Waals surface area contributed by atoms with E-state index in [9.17, 15) is 4.79 Å². The Morgan fingerprint density at radius 2 is 2.00 bits per heavy atom. The van der Waals surface area contributed by atoms with Crippen LogP contribution in [0.15, 0.2) is 0 Å². The van der Waals surface area contributed by atoms with Gasteiger partial charge in [-0.05, 0) is 19.7 Å². The lowest BCUT2D eigenvalue weighted by molar-refractivity contribution is -0.119. The van der Waals surface area contributed by atoms with E-state index in [2.05, 4.69) is 5.23 Å². The van der Waals surface area contributed by atoms with Crippen LogP contribution in [-0.2, 0) is 4.79 Å². The maximum Gasteiger partial charge on any atom is 0.374 e. The Labute approximate surface area is 68.3 Å². The normalized spacial score (nSPS) is 13.3. The fraction of sp³-hybridized carbons (Fsp3) is 0.857. The molecule has 0 aliphatic rings. The van der Waals surface area contributed by atoms with Crippen LogP contribution in [0.1, 0.15) is 20.8 Å². The molecule has 0 amide bonds. The Morgan fingerprint density at radius 1 is 1.55 bits per heavy atom. The number of rotatable bonds is 4. The van der Waals surface area contributed by atoms with Gasteiger partial charge in [-0.1, -0.05) is 13.8 Å². The van der Waals surface area contributed by atoms with Crippen molar-refractivity contribution < 1.29 is 9.82 Å². The number of nitrogens with one attached hydrogen (secondary N) is 1. The van der Waals surface area contributed by atoms with Crippen molar-refractivity contribution in [3.8, 4) is 0 Å². The minimum atomic E-state index is -0.619. The van der Waals surface area contributed by atoms with Gasteiger partial charge in [-0.15, -0.1) is 0 Å². The first-order valence-electron chi connectivity index (χ1n) is 3.89. The summed E-state index contributed by atoms with van der Waals surface area (Å²) in [6.45, 7) is 7.03. The Kier molecular flexibility index (Phi) is 4.37. The lowest BCUT2D eigenvalue weighted by Gasteiger charge is -2.19. The number of Topliss-reactive ketones (excluding diaryl/α,β-unsaturated/α-hetero) is 1. The largest absolute Gasteiger partial charge is 0.437 e. The molecule has 0 aliphatic carbocycles. The summed E-state index contributed by atoms with van der Waals surface area (Å²) in [5.74, 6) is 0.294. The molecule has 2 N–H and O–H groups in total. The first-order chi connectivity index (χ1) is 4.95. The molecule has 3 nitrogen and oxygen atoms in total. The van der Waals surface area contributed by atoms with Crippen LogP contribution >= 0.6 is 0 Å². The van der Waals surface area contributed by atoms with Crippen LogP contribution in [0.25, 0.3) is 0 Å². The zero-order valence-corrected chi connectivity index (χ0v) is 7.59. The summed E-state index contributed by atoms with van der Waals surface area (Å²) in [7, 11) is -0.619. The predicted octanol–water partition coefficient (Wildman–Crippen LogP) is 0.300. The highest BCUT2D eigenvalue weighted by Crippen LogP contribution is 2.02. The average Bonchev–Trinajstić information content (AvgIpc) is 1.81. The zero-order chi connectivity index (χ0) is 9.02. The Morgan fingerprint density at radius 3 is 2.09 bits per heavy atom. The molecule has 0 unspecified atom stereocenters. The molecular formula is C7H16BNO2. The molecule has 0 bridgehead atoms. The van der Waals surface area contributed by atoms with Crippen molar-refractivity contribution in [3.05, 3.63) is 0 Å². The van der Waals surface area contributed by atoms with Gasteiger partial charge in [-0.2, -0.15) is 0 Å². The second kappa shape index (κ2) is 4.52. The Balaban J connectivity index is 4.01. The van der Waals surface area contributed by atoms with Crippen molar-refractivity contribution in [3.63, 3.8) is 0 Å². The molecule has 0 heterocycles. The van der Waals surface area contributed by atoms with Crippen molar-refractivity contribution in [2.75, 3.05) is 0 Å². The molecule has 0 aromatic rings. The minimum Gasteiger partial charge on any atom is -0.437 e. The molecule has 0 saturated carbocycles. The van der Waals surface area contributed by atoms with Crippen LogP contribution in [0.2, 0.25) is 6.82 Å². The number of ketones is 1. The number of carbonyl (C=O) groups excluding carboxylic acids is 1. The summed E-state index contributed by atoms with van der Waals surface area (Å²) >= 11 is 0. The molecule has 0 aromatic carbocycles. The highest BCUT2D eigenvalue weighted by atomic mass is 16.2. The van der Waals surface area contributed by atoms with E-state index >= 15 is 0 Å². The molecule has 0 aromatic heterocycles. The van der Waals surface area contributed by atoms with Gasteiger partial charge in [0.15, 0.2) is 0 Å². The third-order valence-corrected chi connectivity index (χ3v) is 1.53. The van der Waals surface area contributed by atoms with Gasteiger partial charge in [-0.25, -0.2) is 0 Å². The fourth-order valence-corrected chi connectivity index (χ4v) is 1.04. The van der Waals surface area contributed by atoms with Crippen molar-refractivity contribution in [2.24, 2.45) is 5.92 Å². The van der Waals surface area contributed by atoms with Crippen molar-refractivity contribution >= 4 is 12.8 Å². The van der Waals surface area contributed by atoms with Crippen LogP contribution in [-0.4, -0.2) is 23.9 Å². The van der Waals surface area contributed by atoms with Gasteiger partial charge in [0.25, 0.3) is 0 Å².